The second-order valence-electron chi connectivity index (χ2n) is 5.63. The number of nitrogens with zero attached hydrogens (tertiary/aromatic N) is 2. The van der Waals surface area contributed by atoms with E-state index in [2.05, 4.69) is 62.3 Å². The van der Waals surface area contributed by atoms with Gasteiger partial charge < -0.3 is 15.5 Å². The Hall–Kier alpha value is -0.0400. The molecule has 0 fully saturated rings. The zero-order valence-corrected chi connectivity index (χ0v) is 14.6. The third-order valence-corrected chi connectivity index (χ3v) is 2.13. The Morgan fingerprint density at radius 2 is 1.82 bits per heavy atom. The van der Waals surface area contributed by atoms with E-state index in [-0.39, 0.29) is 29.4 Å². The molecule has 5 heteroatoms. The average molecular weight is 356 g/mol. The molecular weight excluding hydrogens is 327 g/mol. The van der Waals surface area contributed by atoms with Gasteiger partial charge in [0.25, 0.3) is 0 Å². The molecule has 0 aromatic rings. The summed E-state index contributed by atoms with van der Waals surface area (Å²) >= 11 is 0. The van der Waals surface area contributed by atoms with Crippen molar-refractivity contribution in [2.75, 3.05) is 34.2 Å². The standard InChI is InChI=1S/C12H28N4.HI/c1-10(2)15-11(13-5)14-8-12(3,4)9-16(6)7;/h10H,8-9H2,1-7H3,(H2,13,14,15);1H. The van der Waals surface area contributed by atoms with Gasteiger partial charge in [0.15, 0.2) is 5.96 Å². The van der Waals surface area contributed by atoms with Crippen LogP contribution in [0.1, 0.15) is 27.7 Å². The largest absolute Gasteiger partial charge is 0.356 e. The molecule has 0 spiro atoms. The van der Waals surface area contributed by atoms with Gasteiger partial charge in [-0.3, -0.25) is 4.99 Å². The predicted molar refractivity (Wildman–Crippen MR) is 87.4 cm³/mol. The lowest BCUT2D eigenvalue weighted by Crippen LogP contribution is -2.46. The summed E-state index contributed by atoms with van der Waals surface area (Å²) < 4.78 is 0. The molecule has 0 rings (SSSR count). The highest BCUT2D eigenvalue weighted by molar-refractivity contribution is 14.0. The Labute approximate surface area is 124 Å². The second-order valence-corrected chi connectivity index (χ2v) is 5.63. The summed E-state index contributed by atoms with van der Waals surface area (Å²) in [5.74, 6) is 0.877. The second kappa shape index (κ2) is 8.97. The zero-order chi connectivity index (χ0) is 12.8. The van der Waals surface area contributed by atoms with Crippen molar-refractivity contribution in [3.8, 4) is 0 Å². The smallest absolute Gasteiger partial charge is 0.191 e. The van der Waals surface area contributed by atoms with Crippen LogP contribution in [0.5, 0.6) is 0 Å². The van der Waals surface area contributed by atoms with Crippen LogP contribution >= 0.6 is 24.0 Å². The minimum absolute atomic E-state index is 0. The van der Waals surface area contributed by atoms with Crippen LogP contribution in [-0.2, 0) is 0 Å². The summed E-state index contributed by atoms with van der Waals surface area (Å²) in [6.45, 7) is 10.7. The fourth-order valence-electron chi connectivity index (χ4n) is 1.70. The van der Waals surface area contributed by atoms with Gasteiger partial charge in [0.05, 0.1) is 0 Å². The van der Waals surface area contributed by atoms with Crippen molar-refractivity contribution in [1.29, 1.82) is 0 Å². The topological polar surface area (TPSA) is 39.7 Å². The van der Waals surface area contributed by atoms with Crippen LogP contribution in [0.15, 0.2) is 4.99 Å². The van der Waals surface area contributed by atoms with E-state index < -0.39 is 0 Å². The Morgan fingerprint density at radius 1 is 1.29 bits per heavy atom. The summed E-state index contributed by atoms with van der Waals surface area (Å²) in [6.07, 6.45) is 0. The summed E-state index contributed by atoms with van der Waals surface area (Å²) in [7, 11) is 6.00. The minimum Gasteiger partial charge on any atom is -0.356 e. The van der Waals surface area contributed by atoms with Crippen molar-refractivity contribution in [3.05, 3.63) is 0 Å². The number of guanidine groups is 1. The summed E-state index contributed by atoms with van der Waals surface area (Å²) in [5, 5.41) is 6.64. The third kappa shape index (κ3) is 10.8. The molecule has 104 valence electrons. The van der Waals surface area contributed by atoms with Gasteiger partial charge in [0, 0.05) is 26.2 Å². The molecule has 0 saturated carbocycles. The van der Waals surface area contributed by atoms with Crippen LogP contribution in [0.2, 0.25) is 0 Å². The van der Waals surface area contributed by atoms with E-state index in [0.717, 1.165) is 19.0 Å². The average Bonchev–Trinajstić information content (AvgIpc) is 2.09. The van der Waals surface area contributed by atoms with Crippen molar-refractivity contribution >= 4 is 29.9 Å². The molecule has 0 bridgehead atoms. The normalized spacial score (nSPS) is 12.6. The number of hydrogen-bond acceptors (Lipinski definition) is 2. The first-order chi connectivity index (χ1) is 7.26. The van der Waals surface area contributed by atoms with E-state index in [4.69, 9.17) is 0 Å². The molecule has 0 heterocycles. The highest BCUT2D eigenvalue weighted by atomic mass is 127. The van der Waals surface area contributed by atoms with Gasteiger partial charge in [-0.25, -0.2) is 0 Å². The minimum atomic E-state index is 0. The first kappa shape index (κ1) is 19.3. The molecule has 0 aliphatic heterocycles. The summed E-state index contributed by atoms with van der Waals surface area (Å²) in [4.78, 5) is 6.40. The van der Waals surface area contributed by atoms with Crippen LogP contribution in [0, 0.1) is 5.41 Å². The Bertz CT molecular complexity index is 225. The van der Waals surface area contributed by atoms with Gasteiger partial charge in [-0.15, -0.1) is 24.0 Å². The molecule has 0 amide bonds. The zero-order valence-electron chi connectivity index (χ0n) is 12.3. The van der Waals surface area contributed by atoms with E-state index in [0.29, 0.717) is 6.04 Å². The van der Waals surface area contributed by atoms with Crippen molar-refractivity contribution in [2.24, 2.45) is 10.4 Å². The molecule has 0 atom stereocenters. The maximum Gasteiger partial charge on any atom is 0.191 e. The van der Waals surface area contributed by atoms with E-state index in [1.165, 1.54) is 0 Å². The first-order valence-corrected chi connectivity index (χ1v) is 5.89. The van der Waals surface area contributed by atoms with Crippen molar-refractivity contribution in [2.45, 2.75) is 33.7 Å². The van der Waals surface area contributed by atoms with Crippen LogP contribution in [0.4, 0.5) is 0 Å². The number of aliphatic imine (C=N–C) groups is 1. The van der Waals surface area contributed by atoms with Gasteiger partial charge in [-0.2, -0.15) is 0 Å². The molecule has 4 nitrogen and oxygen atoms in total. The Kier molecular flexibility index (Phi) is 10.2. The summed E-state index contributed by atoms with van der Waals surface area (Å²) in [6, 6.07) is 0.406. The number of nitrogens with one attached hydrogen (secondary N) is 2. The molecule has 0 aromatic heterocycles. The number of hydrogen-bond donors (Lipinski definition) is 2. The van der Waals surface area contributed by atoms with Crippen molar-refractivity contribution in [1.82, 2.24) is 15.5 Å². The third-order valence-electron chi connectivity index (χ3n) is 2.13. The van der Waals surface area contributed by atoms with E-state index in [1.807, 2.05) is 0 Å². The van der Waals surface area contributed by atoms with Crippen LogP contribution < -0.4 is 10.6 Å². The maximum absolute atomic E-state index is 4.19. The molecular formula is C12H29IN4. The van der Waals surface area contributed by atoms with Gasteiger partial charge >= 0.3 is 0 Å². The van der Waals surface area contributed by atoms with Gasteiger partial charge in [0.1, 0.15) is 0 Å². The van der Waals surface area contributed by atoms with Gasteiger partial charge in [-0.1, -0.05) is 13.8 Å². The number of rotatable bonds is 5. The predicted octanol–water partition coefficient (Wildman–Crippen LogP) is 1.77. The fourth-order valence-corrected chi connectivity index (χ4v) is 1.70. The van der Waals surface area contributed by atoms with E-state index in [1.54, 1.807) is 7.05 Å². The molecule has 2 N–H and O–H groups in total. The van der Waals surface area contributed by atoms with Gasteiger partial charge in [-0.05, 0) is 33.4 Å². The number of halogens is 1. The first-order valence-electron chi connectivity index (χ1n) is 5.89. The SMILES string of the molecule is CN=C(NCC(C)(C)CN(C)C)NC(C)C.I. The highest BCUT2D eigenvalue weighted by Crippen LogP contribution is 2.13. The molecule has 0 radical (unpaired) electrons. The quantitative estimate of drug-likeness (QED) is 0.448. The summed E-state index contributed by atoms with van der Waals surface area (Å²) in [5.41, 5.74) is 0.234. The molecule has 0 unspecified atom stereocenters. The Balaban J connectivity index is 0. The maximum atomic E-state index is 4.19. The molecule has 0 aliphatic carbocycles. The fraction of sp³-hybridized carbons (Fsp3) is 0.917. The Morgan fingerprint density at radius 3 is 2.18 bits per heavy atom. The molecule has 17 heavy (non-hydrogen) atoms. The van der Waals surface area contributed by atoms with Crippen molar-refractivity contribution < 1.29 is 0 Å². The molecule has 0 aliphatic rings. The van der Waals surface area contributed by atoms with Crippen LogP contribution in [0.25, 0.3) is 0 Å². The molecule has 0 aromatic carbocycles. The monoisotopic (exact) mass is 356 g/mol. The van der Waals surface area contributed by atoms with Gasteiger partial charge in [0.2, 0.25) is 0 Å². The highest BCUT2D eigenvalue weighted by Gasteiger charge is 2.19. The van der Waals surface area contributed by atoms with Crippen LogP contribution in [-0.4, -0.2) is 51.1 Å². The van der Waals surface area contributed by atoms with E-state index >= 15 is 0 Å². The molecule has 0 saturated heterocycles. The van der Waals surface area contributed by atoms with Crippen LogP contribution in [0.3, 0.4) is 0 Å². The lowest BCUT2D eigenvalue weighted by Gasteiger charge is -2.29. The lowest BCUT2D eigenvalue weighted by molar-refractivity contribution is 0.241. The lowest BCUT2D eigenvalue weighted by atomic mass is 9.93. The van der Waals surface area contributed by atoms with Crippen molar-refractivity contribution in [3.63, 3.8) is 0 Å². The van der Waals surface area contributed by atoms with E-state index in [9.17, 15) is 0 Å².